The van der Waals surface area contributed by atoms with Crippen molar-refractivity contribution in [2.24, 2.45) is 47.3 Å². The van der Waals surface area contributed by atoms with Gasteiger partial charge < -0.3 is 0 Å². The van der Waals surface area contributed by atoms with Crippen LogP contribution in [0.2, 0.25) is 0 Å². The van der Waals surface area contributed by atoms with Crippen LogP contribution in [0.5, 0.6) is 0 Å². The third-order valence-corrected chi connectivity index (χ3v) is 12.5. The van der Waals surface area contributed by atoms with Crippen LogP contribution in [-0.4, -0.2) is 29.9 Å². The molecule has 8 aliphatic rings. The van der Waals surface area contributed by atoms with Crippen molar-refractivity contribution in [2.45, 2.75) is 64.2 Å². The topological polar surface area (TPSA) is 104 Å². The monoisotopic (exact) mass is 518 g/mol. The smallest absolute Gasteiger partial charge is 0.198 e. The summed E-state index contributed by atoms with van der Waals surface area (Å²) in [6, 6.07) is 0. The van der Waals surface area contributed by atoms with Gasteiger partial charge in [-0.05, 0) is 112 Å². The van der Waals surface area contributed by atoms with E-state index in [1.165, 1.54) is 75.4 Å². The summed E-state index contributed by atoms with van der Waals surface area (Å²) in [6.45, 7) is 0.274. The fraction of sp³-hybridized carbons (Fsp3) is 0.833. The molecule has 3 N–H and O–H groups in total. The number of hydrogen-bond acceptors (Lipinski definition) is 4. The molecule has 0 radical (unpaired) electrons. The van der Waals surface area contributed by atoms with E-state index in [1.807, 2.05) is 12.2 Å². The third-order valence-electron chi connectivity index (χ3n) is 9.60. The minimum Gasteiger partial charge on any atom is -0.198 e. The number of nitrogens with one attached hydrogen (secondary N) is 3. The first-order valence-corrected chi connectivity index (χ1v) is 15.9. The van der Waals surface area contributed by atoms with Gasteiger partial charge in [0.15, 0.2) is 0 Å². The predicted molar refractivity (Wildman–Crippen MR) is 127 cm³/mol. The van der Waals surface area contributed by atoms with Gasteiger partial charge in [0.05, 0.1) is 0 Å². The third kappa shape index (κ3) is 5.42. The Labute approximate surface area is 227 Å². The van der Waals surface area contributed by atoms with Crippen LogP contribution in [0, 0.1) is 47.3 Å². The molecule has 34 heavy (non-hydrogen) atoms. The predicted octanol–water partition coefficient (Wildman–Crippen LogP) is 0.0138. The minimum absolute atomic E-state index is 0. The van der Waals surface area contributed by atoms with Crippen LogP contribution >= 0.6 is 0 Å². The number of allylic oxidation sites excluding steroid dienone is 2. The van der Waals surface area contributed by atoms with Gasteiger partial charge in [-0.3, -0.25) is 0 Å². The van der Waals surface area contributed by atoms with Gasteiger partial charge in [-0.1, -0.05) is 27.4 Å². The Kier molecular flexibility index (Phi) is 7.51. The van der Waals surface area contributed by atoms with E-state index in [0.29, 0.717) is 23.7 Å². The summed E-state index contributed by atoms with van der Waals surface area (Å²) >= 11 is 0. The Morgan fingerprint density at radius 2 is 0.853 bits per heavy atom. The van der Waals surface area contributed by atoms with E-state index in [4.69, 9.17) is 0 Å². The van der Waals surface area contributed by atoms with E-state index in [1.54, 1.807) is 4.13 Å². The quantitative estimate of drug-likeness (QED) is 0.311. The zero-order chi connectivity index (χ0) is 22.8. The maximum atomic E-state index is 12.4. The molecule has 8 rings (SSSR count). The fourth-order valence-corrected chi connectivity index (χ4v) is 11.1. The van der Waals surface area contributed by atoms with Crippen molar-refractivity contribution in [3.63, 3.8) is 0 Å². The van der Waals surface area contributed by atoms with Gasteiger partial charge in [0.1, 0.15) is 0 Å². The van der Waals surface area contributed by atoms with Crippen LogP contribution in [0.1, 0.15) is 64.2 Å². The molecule has 8 aliphatic carbocycles. The van der Waals surface area contributed by atoms with Crippen molar-refractivity contribution in [2.75, 3.05) is 13.1 Å². The summed E-state index contributed by atoms with van der Waals surface area (Å²) in [5.41, 5.74) is 2.79. The van der Waals surface area contributed by atoms with Crippen molar-refractivity contribution < 1.29 is 46.4 Å². The van der Waals surface area contributed by atoms with Gasteiger partial charge in [-0.25, -0.2) is 0 Å². The number of hydrogen-bond donors (Lipinski definition) is 3. The SMILES string of the molecule is O=S(=O)(NCC=C1C2CC3CC(C2)CC1C3)NS(=O)(=O)NCC=C1C2CC3CC(C2)CC1C3.[Na+]. The van der Waals surface area contributed by atoms with E-state index in [2.05, 4.69) is 9.44 Å². The van der Waals surface area contributed by atoms with Crippen LogP contribution < -0.4 is 43.1 Å². The first kappa shape index (κ1) is 25.9. The van der Waals surface area contributed by atoms with Gasteiger partial charge in [-0.2, -0.15) is 26.3 Å². The van der Waals surface area contributed by atoms with Crippen molar-refractivity contribution in [1.82, 2.24) is 13.6 Å². The Balaban J connectivity index is 0.00000241. The Morgan fingerprint density at radius 1 is 0.559 bits per heavy atom. The van der Waals surface area contributed by atoms with Gasteiger partial charge in [0, 0.05) is 13.1 Å². The molecule has 0 aromatic rings. The molecule has 0 amide bonds. The van der Waals surface area contributed by atoms with Gasteiger partial charge >= 0.3 is 29.6 Å². The van der Waals surface area contributed by atoms with Crippen LogP contribution in [0.15, 0.2) is 23.3 Å². The minimum atomic E-state index is -4.15. The molecule has 8 fully saturated rings. The Bertz CT molecular complexity index is 926. The second-order valence-electron chi connectivity index (χ2n) is 11.8. The Hall–Kier alpha value is 0.260. The van der Waals surface area contributed by atoms with Crippen LogP contribution in [0.4, 0.5) is 0 Å². The molecular formula is C24H37N3NaO4S2+. The molecule has 0 spiro atoms. The van der Waals surface area contributed by atoms with E-state index in [9.17, 15) is 16.8 Å². The summed E-state index contributed by atoms with van der Waals surface area (Å²) in [6.07, 6.45) is 16.7. The van der Waals surface area contributed by atoms with Crippen LogP contribution in [0.25, 0.3) is 0 Å². The first-order valence-electron chi connectivity index (χ1n) is 12.9. The molecule has 0 heterocycles. The van der Waals surface area contributed by atoms with Crippen molar-refractivity contribution in [1.29, 1.82) is 0 Å². The standard InChI is InChI=1S/C24H37N3O4S2.Na/c28-32(29,25-3-1-23-19-7-15-5-16(9-19)10-20(23)8-15)27-33(30,31)26-4-2-24-21-11-17-6-18(13-21)14-22(24)12-17;/h1-2,15-22,25-27H,3-14H2;/q;+1. The molecule has 184 valence electrons. The average molecular weight is 519 g/mol. The van der Waals surface area contributed by atoms with E-state index < -0.39 is 20.4 Å². The fourth-order valence-electron chi connectivity index (χ4n) is 8.87. The van der Waals surface area contributed by atoms with E-state index >= 15 is 0 Å². The summed E-state index contributed by atoms with van der Waals surface area (Å²) in [5.74, 6) is 5.82. The van der Waals surface area contributed by atoms with E-state index in [-0.39, 0.29) is 42.6 Å². The zero-order valence-electron chi connectivity index (χ0n) is 20.2. The summed E-state index contributed by atoms with van der Waals surface area (Å²) in [5, 5.41) is 0. The normalized spacial score (nSPS) is 39.9. The molecule has 0 aromatic heterocycles. The molecular weight excluding hydrogens is 481 g/mol. The second-order valence-corrected chi connectivity index (χ2v) is 15.1. The molecule has 10 heteroatoms. The largest absolute Gasteiger partial charge is 1.00 e. The van der Waals surface area contributed by atoms with E-state index in [0.717, 1.165) is 23.7 Å². The van der Waals surface area contributed by atoms with Crippen LogP contribution in [0.3, 0.4) is 0 Å². The second kappa shape index (κ2) is 9.86. The Morgan fingerprint density at radius 3 is 1.15 bits per heavy atom. The summed E-state index contributed by atoms with van der Waals surface area (Å²) in [4.78, 5) is 0. The summed E-state index contributed by atoms with van der Waals surface area (Å²) in [7, 11) is -8.31. The molecule has 0 unspecified atom stereocenters. The van der Waals surface area contributed by atoms with Gasteiger partial charge in [0.25, 0.3) is 20.4 Å². The van der Waals surface area contributed by atoms with Gasteiger partial charge in [0.2, 0.25) is 0 Å². The molecule has 0 atom stereocenters. The molecule has 7 nitrogen and oxygen atoms in total. The molecule has 8 bridgehead atoms. The van der Waals surface area contributed by atoms with Crippen molar-refractivity contribution >= 4 is 20.4 Å². The van der Waals surface area contributed by atoms with Crippen molar-refractivity contribution in [3.8, 4) is 0 Å². The molecule has 8 saturated carbocycles. The molecule has 0 saturated heterocycles. The van der Waals surface area contributed by atoms with Crippen molar-refractivity contribution in [3.05, 3.63) is 23.3 Å². The van der Waals surface area contributed by atoms with Crippen LogP contribution in [-0.2, 0) is 20.4 Å². The maximum absolute atomic E-state index is 12.4. The zero-order valence-corrected chi connectivity index (χ0v) is 23.8. The molecule has 0 aliphatic heterocycles. The average Bonchev–Trinajstić information content (AvgIpc) is 2.70. The summed E-state index contributed by atoms with van der Waals surface area (Å²) < 4.78 is 56.1. The number of rotatable bonds is 8. The molecule has 0 aromatic carbocycles. The first-order chi connectivity index (χ1) is 15.7. The van der Waals surface area contributed by atoms with Gasteiger partial charge in [-0.15, -0.1) is 0 Å². The maximum Gasteiger partial charge on any atom is 1.00 e.